The van der Waals surface area contributed by atoms with E-state index in [4.69, 9.17) is 16.1 Å². The summed E-state index contributed by atoms with van der Waals surface area (Å²) in [6.07, 6.45) is 1.81. The molecule has 2 aliphatic rings. The second-order valence-electron chi connectivity index (χ2n) is 8.40. The molecule has 8 heteroatoms. The van der Waals surface area contributed by atoms with Gasteiger partial charge in [0.2, 0.25) is 23.5 Å². The topological polar surface area (TPSA) is 79.5 Å². The highest BCUT2D eigenvalue weighted by Crippen LogP contribution is 2.35. The first kappa shape index (κ1) is 20.7. The lowest BCUT2D eigenvalue weighted by Crippen LogP contribution is -2.37. The Balaban J connectivity index is 1.32. The fraction of sp³-hybridized carbons (Fsp3) is 0.333. The minimum atomic E-state index is -0.401. The van der Waals surface area contributed by atoms with Crippen LogP contribution in [0.5, 0.6) is 0 Å². The van der Waals surface area contributed by atoms with Gasteiger partial charge in [0.15, 0.2) is 0 Å². The van der Waals surface area contributed by atoms with Gasteiger partial charge in [-0.1, -0.05) is 52.7 Å². The van der Waals surface area contributed by atoms with Crippen LogP contribution < -0.4 is 4.90 Å². The van der Waals surface area contributed by atoms with Crippen LogP contribution in [-0.2, 0) is 9.59 Å². The van der Waals surface area contributed by atoms with Gasteiger partial charge in [-0.3, -0.25) is 9.59 Å². The van der Waals surface area contributed by atoms with Crippen molar-refractivity contribution in [3.63, 3.8) is 0 Å². The Morgan fingerprint density at radius 1 is 1.19 bits per heavy atom. The second-order valence-corrected chi connectivity index (χ2v) is 8.83. The lowest BCUT2D eigenvalue weighted by Gasteiger charge is -2.25. The van der Waals surface area contributed by atoms with Crippen molar-refractivity contribution in [1.82, 2.24) is 15.0 Å². The fourth-order valence-corrected chi connectivity index (χ4v) is 4.66. The van der Waals surface area contributed by atoms with Crippen LogP contribution in [0.15, 0.2) is 53.1 Å². The summed E-state index contributed by atoms with van der Waals surface area (Å²) in [5, 5.41) is 4.69. The van der Waals surface area contributed by atoms with Crippen LogP contribution in [0, 0.1) is 12.8 Å². The van der Waals surface area contributed by atoms with E-state index in [1.54, 1.807) is 28.0 Å². The van der Waals surface area contributed by atoms with Crippen molar-refractivity contribution in [3.8, 4) is 11.4 Å². The molecule has 2 amide bonds. The molecule has 0 bridgehead atoms. The Morgan fingerprint density at radius 3 is 2.78 bits per heavy atom. The number of halogens is 1. The van der Waals surface area contributed by atoms with E-state index >= 15 is 0 Å². The number of hydrogen-bond donors (Lipinski definition) is 0. The van der Waals surface area contributed by atoms with Crippen LogP contribution in [-0.4, -0.2) is 39.9 Å². The summed E-state index contributed by atoms with van der Waals surface area (Å²) >= 11 is 6.08. The lowest BCUT2D eigenvalue weighted by molar-refractivity contribution is -0.137. The standard InChI is InChI=1S/C24H23ClN4O3/c1-15-7-9-16(10-8-15)22-26-23(32-27-22)20-6-3-11-28(20)24(31)17-12-21(30)29(14-17)19-5-2-4-18(25)13-19/h2,4-5,7-10,13,17,20H,3,6,11-12,14H2,1H3/t17-,20-/m1/s1. The molecule has 0 spiro atoms. The van der Waals surface area contributed by atoms with Crippen molar-refractivity contribution in [2.75, 3.05) is 18.0 Å². The zero-order valence-electron chi connectivity index (χ0n) is 17.7. The summed E-state index contributed by atoms with van der Waals surface area (Å²) in [5.41, 5.74) is 2.75. The van der Waals surface area contributed by atoms with E-state index in [0.717, 1.165) is 29.7 Å². The molecule has 164 valence electrons. The normalized spacial score (nSPS) is 20.9. The molecule has 0 radical (unpaired) electrons. The summed E-state index contributed by atoms with van der Waals surface area (Å²) in [7, 11) is 0. The van der Waals surface area contributed by atoms with E-state index < -0.39 is 5.92 Å². The van der Waals surface area contributed by atoms with Crippen molar-refractivity contribution in [1.29, 1.82) is 0 Å². The third-order valence-corrected chi connectivity index (χ3v) is 6.40. The van der Waals surface area contributed by atoms with E-state index in [1.165, 1.54) is 0 Å². The minimum Gasteiger partial charge on any atom is -0.337 e. The zero-order chi connectivity index (χ0) is 22.2. The van der Waals surface area contributed by atoms with E-state index in [0.29, 0.717) is 29.8 Å². The number of carbonyl (C=O) groups is 2. The third-order valence-electron chi connectivity index (χ3n) is 6.17. The predicted octanol–water partition coefficient (Wildman–Crippen LogP) is 4.42. The largest absolute Gasteiger partial charge is 0.337 e. The number of anilines is 1. The molecule has 2 atom stereocenters. The summed E-state index contributed by atoms with van der Waals surface area (Å²) < 4.78 is 5.55. The van der Waals surface area contributed by atoms with Gasteiger partial charge in [0.05, 0.1) is 5.92 Å². The van der Waals surface area contributed by atoms with Crippen molar-refractivity contribution >= 4 is 29.1 Å². The number of hydrogen-bond acceptors (Lipinski definition) is 5. The molecule has 0 aliphatic carbocycles. The van der Waals surface area contributed by atoms with Crippen LogP contribution >= 0.6 is 11.6 Å². The van der Waals surface area contributed by atoms with Gasteiger partial charge in [0.1, 0.15) is 6.04 Å². The lowest BCUT2D eigenvalue weighted by atomic mass is 10.1. The number of nitrogens with zero attached hydrogens (tertiary/aromatic N) is 4. The highest BCUT2D eigenvalue weighted by atomic mass is 35.5. The first-order chi connectivity index (χ1) is 15.5. The maximum absolute atomic E-state index is 13.4. The quantitative estimate of drug-likeness (QED) is 0.588. The Bertz CT molecular complexity index is 1160. The molecule has 0 saturated carbocycles. The highest BCUT2D eigenvalue weighted by Gasteiger charge is 2.42. The first-order valence-electron chi connectivity index (χ1n) is 10.8. The minimum absolute atomic E-state index is 0.0412. The van der Waals surface area contributed by atoms with Crippen LogP contribution in [0.1, 0.15) is 36.8 Å². The Morgan fingerprint density at radius 2 is 2.00 bits per heavy atom. The maximum atomic E-state index is 13.4. The summed E-state index contributed by atoms with van der Waals surface area (Å²) in [4.78, 5) is 34.0. The monoisotopic (exact) mass is 450 g/mol. The number of aromatic nitrogens is 2. The molecular formula is C24H23ClN4O3. The molecule has 3 aromatic rings. The highest BCUT2D eigenvalue weighted by molar-refractivity contribution is 6.31. The summed E-state index contributed by atoms with van der Waals surface area (Å²) in [6.45, 7) is 2.99. The number of amides is 2. The van der Waals surface area contributed by atoms with Gasteiger partial charge in [-0.25, -0.2) is 0 Å². The summed E-state index contributed by atoms with van der Waals surface area (Å²) in [5.74, 6) is 0.452. The van der Waals surface area contributed by atoms with Gasteiger partial charge in [-0.2, -0.15) is 4.98 Å². The number of carbonyl (C=O) groups excluding carboxylic acids is 2. The van der Waals surface area contributed by atoms with Crippen LogP contribution in [0.2, 0.25) is 5.02 Å². The molecule has 0 N–H and O–H groups in total. The average molecular weight is 451 g/mol. The Labute approximate surface area is 191 Å². The molecule has 2 aliphatic heterocycles. The van der Waals surface area contributed by atoms with Crippen molar-refractivity contribution in [2.24, 2.45) is 5.92 Å². The van der Waals surface area contributed by atoms with Gasteiger partial charge in [-0.05, 0) is 38.0 Å². The van der Waals surface area contributed by atoms with Gasteiger partial charge >= 0.3 is 0 Å². The number of rotatable bonds is 4. The smallest absolute Gasteiger partial charge is 0.249 e. The molecule has 7 nitrogen and oxygen atoms in total. The van der Waals surface area contributed by atoms with E-state index in [9.17, 15) is 9.59 Å². The van der Waals surface area contributed by atoms with E-state index in [1.807, 2.05) is 37.3 Å². The molecule has 2 fully saturated rings. The van der Waals surface area contributed by atoms with E-state index in [-0.39, 0.29) is 24.3 Å². The number of aryl methyl sites for hydroxylation is 1. The molecule has 3 heterocycles. The average Bonchev–Trinajstić information content (AvgIpc) is 3.53. The van der Waals surface area contributed by atoms with E-state index in [2.05, 4.69) is 10.1 Å². The van der Waals surface area contributed by atoms with Gasteiger partial charge in [0.25, 0.3) is 0 Å². The number of benzene rings is 2. The maximum Gasteiger partial charge on any atom is 0.249 e. The molecule has 0 unspecified atom stereocenters. The Hall–Kier alpha value is -3.19. The predicted molar refractivity (Wildman–Crippen MR) is 120 cm³/mol. The van der Waals surface area contributed by atoms with Crippen LogP contribution in [0.4, 0.5) is 5.69 Å². The fourth-order valence-electron chi connectivity index (χ4n) is 4.48. The van der Waals surface area contributed by atoms with Crippen molar-refractivity contribution in [2.45, 2.75) is 32.2 Å². The molecule has 1 aromatic heterocycles. The molecular weight excluding hydrogens is 428 g/mol. The summed E-state index contributed by atoms with van der Waals surface area (Å²) in [6, 6.07) is 14.8. The van der Waals surface area contributed by atoms with Crippen molar-refractivity contribution < 1.29 is 14.1 Å². The molecule has 2 aromatic carbocycles. The van der Waals surface area contributed by atoms with Gasteiger partial charge in [-0.15, -0.1) is 0 Å². The molecule has 32 heavy (non-hydrogen) atoms. The molecule has 2 saturated heterocycles. The van der Waals surface area contributed by atoms with Crippen LogP contribution in [0.25, 0.3) is 11.4 Å². The van der Waals surface area contributed by atoms with Gasteiger partial charge < -0.3 is 14.3 Å². The second kappa shape index (κ2) is 8.39. The Kier molecular flexibility index (Phi) is 5.43. The zero-order valence-corrected chi connectivity index (χ0v) is 18.5. The molecule has 5 rings (SSSR count). The SMILES string of the molecule is Cc1ccc(-c2noc([C@H]3CCCN3C(=O)[C@@H]3CC(=O)N(c4cccc(Cl)c4)C3)n2)cc1. The van der Waals surface area contributed by atoms with Crippen molar-refractivity contribution in [3.05, 3.63) is 65.0 Å². The number of likely N-dealkylation sites (tertiary alicyclic amines) is 1. The van der Waals surface area contributed by atoms with Crippen LogP contribution in [0.3, 0.4) is 0 Å². The van der Waals surface area contributed by atoms with Gasteiger partial charge in [0, 0.05) is 35.8 Å². The third kappa shape index (κ3) is 3.88. The first-order valence-corrected chi connectivity index (χ1v) is 11.1.